The summed E-state index contributed by atoms with van der Waals surface area (Å²) in [7, 11) is 1.54. The second-order valence-electron chi connectivity index (χ2n) is 7.00. The van der Waals surface area contributed by atoms with E-state index in [1.165, 1.54) is 12.0 Å². The summed E-state index contributed by atoms with van der Waals surface area (Å²) in [6.07, 6.45) is 6.92. The largest absolute Gasteiger partial charge is 0.480 e. The summed E-state index contributed by atoms with van der Waals surface area (Å²) < 4.78 is 11.9. The van der Waals surface area contributed by atoms with Crippen LogP contribution in [-0.4, -0.2) is 60.3 Å². The van der Waals surface area contributed by atoms with Crippen molar-refractivity contribution in [2.75, 3.05) is 23.9 Å². The van der Waals surface area contributed by atoms with Crippen LogP contribution in [0.4, 0.5) is 16.7 Å². The summed E-state index contributed by atoms with van der Waals surface area (Å²) in [5.41, 5.74) is 0.754. The lowest BCUT2D eigenvalue weighted by Crippen LogP contribution is -2.34. The van der Waals surface area contributed by atoms with Crippen LogP contribution in [0.3, 0.4) is 0 Å². The van der Waals surface area contributed by atoms with Crippen LogP contribution in [-0.2, 0) is 4.74 Å². The Hall–Kier alpha value is -3.83. The molecule has 0 saturated carbocycles. The SMILES string of the molecule is CC[C@H]1COC(=O)N1c1nc(C)nc(N[C@@H](C)c2cn(-c3cnc(OC)cn3)cn2)n1. The van der Waals surface area contributed by atoms with Gasteiger partial charge in [-0.2, -0.15) is 15.0 Å². The second-order valence-corrected chi connectivity index (χ2v) is 7.00. The van der Waals surface area contributed by atoms with E-state index in [9.17, 15) is 4.79 Å². The Kier molecular flexibility index (Phi) is 5.60. The number of amides is 1. The van der Waals surface area contributed by atoms with E-state index in [1.807, 2.05) is 20.0 Å². The number of imidazole rings is 1. The highest BCUT2D eigenvalue weighted by molar-refractivity contribution is 5.88. The van der Waals surface area contributed by atoms with Crippen molar-refractivity contribution in [3.8, 4) is 11.7 Å². The van der Waals surface area contributed by atoms with Crippen molar-refractivity contribution >= 4 is 18.0 Å². The van der Waals surface area contributed by atoms with Gasteiger partial charge in [-0.1, -0.05) is 6.92 Å². The third-order valence-electron chi connectivity index (χ3n) is 4.86. The maximum absolute atomic E-state index is 12.1. The lowest BCUT2D eigenvalue weighted by molar-refractivity contribution is 0.178. The van der Waals surface area contributed by atoms with E-state index < -0.39 is 6.09 Å². The van der Waals surface area contributed by atoms with Gasteiger partial charge in [-0.25, -0.2) is 24.6 Å². The first-order valence-corrected chi connectivity index (χ1v) is 9.84. The molecule has 0 aliphatic carbocycles. The summed E-state index contributed by atoms with van der Waals surface area (Å²) in [6, 6.07) is -0.310. The first kappa shape index (κ1) is 20.4. The first-order chi connectivity index (χ1) is 15.0. The highest BCUT2D eigenvalue weighted by atomic mass is 16.6. The van der Waals surface area contributed by atoms with Crippen molar-refractivity contribution < 1.29 is 14.3 Å². The fourth-order valence-electron chi connectivity index (χ4n) is 3.15. The smallest absolute Gasteiger partial charge is 0.417 e. The third kappa shape index (κ3) is 4.22. The maximum atomic E-state index is 12.1. The molecule has 31 heavy (non-hydrogen) atoms. The van der Waals surface area contributed by atoms with Gasteiger partial charge in [0.15, 0.2) is 5.82 Å². The van der Waals surface area contributed by atoms with Crippen LogP contribution in [0.5, 0.6) is 5.88 Å². The van der Waals surface area contributed by atoms with Gasteiger partial charge in [0.05, 0.1) is 37.3 Å². The minimum absolute atomic E-state index is 0.0964. The topological polar surface area (TPSA) is 133 Å². The molecule has 0 aromatic carbocycles. The van der Waals surface area contributed by atoms with Crippen molar-refractivity contribution in [3.63, 3.8) is 0 Å². The van der Waals surface area contributed by atoms with E-state index in [4.69, 9.17) is 9.47 Å². The minimum atomic E-state index is -0.448. The number of aromatic nitrogens is 7. The van der Waals surface area contributed by atoms with Gasteiger partial charge in [-0.05, 0) is 20.3 Å². The quantitative estimate of drug-likeness (QED) is 0.599. The molecule has 1 amide bonds. The summed E-state index contributed by atoms with van der Waals surface area (Å²) >= 11 is 0. The van der Waals surface area contributed by atoms with Crippen LogP contribution in [0.2, 0.25) is 0 Å². The van der Waals surface area contributed by atoms with Crippen LogP contribution in [0.1, 0.15) is 37.8 Å². The Labute approximate surface area is 178 Å². The molecule has 3 aromatic rings. The molecule has 3 aromatic heterocycles. The molecule has 0 radical (unpaired) electrons. The molecule has 1 saturated heterocycles. The highest BCUT2D eigenvalue weighted by Gasteiger charge is 2.35. The average molecular weight is 425 g/mol. The highest BCUT2D eigenvalue weighted by Crippen LogP contribution is 2.23. The lowest BCUT2D eigenvalue weighted by Gasteiger charge is -2.19. The Morgan fingerprint density at radius 2 is 2.10 bits per heavy atom. The van der Waals surface area contributed by atoms with E-state index in [0.29, 0.717) is 30.1 Å². The number of aryl methyl sites for hydroxylation is 1. The fraction of sp³-hybridized carbons (Fsp3) is 0.421. The molecular weight excluding hydrogens is 402 g/mol. The van der Waals surface area contributed by atoms with Crippen molar-refractivity contribution in [2.45, 2.75) is 39.3 Å². The zero-order valence-electron chi connectivity index (χ0n) is 17.7. The molecule has 0 spiro atoms. The number of anilines is 2. The number of rotatable bonds is 7. The van der Waals surface area contributed by atoms with E-state index in [-0.39, 0.29) is 18.0 Å². The third-order valence-corrected chi connectivity index (χ3v) is 4.86. The van der Waals surface area contributed by atoms with Crippen LogP contribution in [0.15, 0.2) is 24.9 Å². The molecule has 12 heteroatoms. The zero-order chi connectivity index (χ0) is 22.0. The molecule has 0 unspecified atom stereocenters. The zero-order valence-corrected chi connectivity index (χ0v) is 17.7. The van der Waals surface area contributed by atoms with Crippen molar-refractivity contribution in [3.05, 3.63) is 36.4 Å². The van der Waals surface area contributed by atoms with Crippen LogP contribution < -0.4 is 15.0 Å². The molecule has 12 nitrogen and oxygen atoms in total. The van der Waals surface area contributed by atoms with Gasteiger partial charge < -0.3 is 14.8 Å². The normalized spacial score (nSPS) is 16.8. The Bertz CT molecular complexity index is 1070. The van der Waals surface area contributed by atoms with Crippen LogP contribution in [0.25, 0.3) is 5.82 Å². The number of hydrogen-bond donors (Lipinski definition) is 1. The molecule has 0 bridgehead atoms. The Morgan fingerprint density at radius 3 is 2.81 bits per heavy atom. The average Bonchev–Trinajstić information content (AvgIpc) is 3.40. The number of cyclic esters (lactones) is 1. The summed E-state index contributed by atoms with van der Waals surface area (Å²) in [5.74, 6) is 2.17. The van der Waals surface area contributed by atoms with Gasteiger partial charge in [-0.3, -0.25) is 4.57 Å². The Balaban J connectivity index is 1.52. The standard InChI is InChI=1S/C19H23N9O3/c1-5-13-9-31-19(29)28(13)18-25-12(3)24-17(26-18)23-11(2)14-8-27(10-22-14)15-6-21-16(30-4)7-20-15/h6-8,10-11,13H,5,9H2,1-4H3,(H,23,24,25,26)/t11-,13-/m0/s1. The maximum Gasteiger partial charge on any atom is 0.417 e. The summed E-state index contributed by atoms with van der Waals surface area (Å²) in [4.78, 5) is 39.6. The number of nitrogens with one attached hydrogen (secondary N) is 1. The number of hydrogen-bond acceptors (Lipinski definition) is 10. The second kappa shape index (κ2) is 8.50. The van der Waals surface area contributed by atoms with Gasteiger partial charge in [0.2, 0.25) is 17.8 Å². The first-order valence-electron chi connectivity index (χ1n) is 9.84. The number of nitrogens with zero attached hydrogens (tertiary/aromatic N) is 8. The van der Waals surface area contributed by atoms with Gasteiger partial charge >= 0.3 is 6.09 Å². The molecule has 1 N–H and O–H groups in total. The minimum Gasteiger partial charge on any atom is -0.480 e. The number of carbonyl (C=O) groups excluding carboxylic acids is 1. The van der Waals surface area contributed by atoms with Crippen molar-refractivity contribution in [1.82, 2.24) is 34.5 Å². The Morgan fingerprint density at radius 1 is 1.26 bits per heavy atom. The summed E-state index contributed by atoms with van der Waals surface area (Å²) in [5, 5.41) is 3.22. The van der Waals surface area contributed by atoms with Crippen LogP contribution >= 0.6 is 0 Å². The van der Waals surface area contributed by atoms with Crippen molar-refractivity contribution in [1.29, 1.82) is 0 Å². The van der Waals surface area contributed by atoms with Crippen molar-refractivity contribution in [2.24, 2.45) is 0 Å². The molecule has 1 aliphatic heterocycles. The number of carbonyl (C=O) groups is 1. The van der Waals surface area contributed by atoms with E-state index in [2.05, 4.69) is 35.2 Å². The molecule has 2 atom stereocenters. The van der Waals surface area contributed by atoms with Gasteiger partial charge in [-0.15, -0.1) is 0 Å². The molecule has 4 rings (SSSR count). The van der Waals surface area contributed by atoms with Gasteiger partial charge in [0.1, 0.15) is 18.8 Å². The predicted octanol–water partition coefficient (Wildman–Crippen LogP) is 2.07. The number of ether oxygens (including phenoxy) is 2. The predicted molar refractivity (Wildman–Crippen MR) is 110 cm³/mol. The molecule has 4 heterocycles. The van der Waals surface area contributed by atoms with Gasteiger partial charge in [0.25, 0.3) is 0 Å². The molecule has 1 aliphatic rings. The number of methoxy groups -OCH3 is 1. The van der Waals surface area contributed by atoms with Crippen LogP contribution in [0, 0.1) is 6.92 Å². The lowest BCUT2D eigenvalue weighted by atomic mass is 10.2. The van der Waals surface area contributed by atoms with Gasteiger partial charge in [0, 0.05) is 6.20 Å². The van der Waals surface area contributed by atoms with E-state index in [1.54, 1.807) is 30.2 Å². The molecular formula is C19H23N9O3. The summed E-state index contributed by atoms with van der Waals surface area (Å²) in [6.45, 7) is 5.99. The monoisotopic (exact) mass is 425 g/mol. The molecule has 162 valence electrons. The van der Waals surface area contributed by atoms with E-state index in [0.717, 1.165) is 12.1 Å². The van der Waals surface area contributed by atoms with E-state index >= 15 is 0 Å². The molecule has 1 fully saturated rings. The fourth-order valence-corrected chi connectivity index (χ4v) is 3.15.